The van der Waals surface area contributed by atoms with Crippen molar-refractivity contribution in [2.45, 2.75) is 24.3 Å². The fourth-order valence-corrected chi connectivity index (χ4v) is 3.97. The molecule has 0 unspecified atom stereocenters. The van der Waals surface area contributed by atoms with Gasteiger partial charge in [-0.25, -0.2) is 8.42 Å². The van der Waals surface area contributed by atoms with Crippen LogP contribution in [0.15, 0.2) is 53.7 Å². The van der Waals surface area contributed by atoms with Crippen LogP contribution in [-0.4, -0.2) is 43.8 Å². The highest BCUT2D eigenvalue weighted by Gasteiger charge is 2.24. The van der Waals surface area contributed by atoms with Crippen molar-refractivity contribution in [2.24, 2.45) is 0 Å². The number of benzene rings is 1. The van der Waals surface area contributed by atoms with Crippen LogP contribution < -0.4 is 0 Å². The van der Waals surface area contributed by atoms with Gasteiger partial charge in [0, 0.05) is 38.5 Å². The zero-order valence-electron chi connectivity index (χ0n) is 14.3. The van der Waals surface area contributed by atoms with E-state index in [0.717, 1.165) is 24.0 Å². The molecule has 0 aliphatic rings. The minimum atomic E-state index is -3.61. The molecule has 0 N–H and O–H groups in total. The van der Waals surface area contributed by atoms with Crippen molar-refractivity contribution in [1.29, 1.82) is 0 Å². The van der Waals surface area contributed by atoms with Crippen molar-refractivity contribution in [1.82, 2.24) is 9.29 Å². The Morgan fingerprint density at radius 2 is 1.92 bits per heavy atom. The molecule has 0 saturated carbocycles. The number of halogens is 1. The second-order valence-corrected chi connectivity index (χ2v) is 7.95. The smallest absolute Gasteiger partial charge is 0.243 e. The van der Waals surface area contributed by atoms with Crippen LogP contribution in [0.3, 0.4) is 0 Å². The minimum absolute atomic E-state index is 0.257. The molecule has 0 atom stereocenters. The number of alkyl halides is 1. The average molecular weight is 383 g/mol. The molecule has 136 valence electrons. The van der Waals surface area contributed by atoms with Crippen LogP contribution in [-0.2, 0) is 27.7 Å². The maximum Gasteiger partial charge on any atom is 0.243 e. The van der Waals surface area contributed by atoms with Gasteiger partial charge in [-0.1, -0.05) is 18.2 Å². The Morgan fingerprint density at radius 3 is 2.52 bits per heavy atom. The van der Waals surface area contributed by atoms with Crippen LogP contribution in [0.2, 0.25) is 0 Å². The van der Waals surface area contributed by atoms with Gasteiger partial charge in [0.05, 0.1) is 11.5 Å². The lowest BCUT2D eigenvalue weighted by atomic mass is 10.1. The van der Waals surface area contributed by atoms with E-state index in [9.17, 15) is 8.42 Å². The molecule has 0 fully saturated rings. The molecule has 0 aliphatic heterocycles. The van der Waals surface area contributed by atoms with E-state index in [1.54, 1.807) is 37.7 Å². The number of pyridine rings is 1. The van der Waals surface area contributed by atoms with Gasteiger partial charge in [0.1, 0.15) is 0 Å². The highest BCUT2D eigenvalue weighted by atomic mass is 35.5. The van der Waals surface area contributed by atoms with Crippen LogP contribution in [0.4, 0.5) is 0 Å². The molecule has 0 amide bonds. The molecule has 0 bridgehead atoms. The van der Waals surface area contributed by atoms with Crippen molar-refractivity contribution in [3.05, 3.63) is 59.9 Å². The molecular formula is C18H23ClN2O3S. The third-order valence-electron chi connectivity index (χ3n) is 3.79. The van der Waals surface area contributed by atoms with Crippen LogP contribution in [0.5, 0.6) is 0 Å². The molecule has 2 rings (SSSR count). The normalized spacial score (nSPS) is 11.8. The topological polar surface area (TPSA) is 59.5 Å². The Hall–Kier alpha value is -1.47. The predicted octanol–water partition coefficient (Wildman–Crippen LogP) is 3.09. The van der Waals surface area contributed by atoms with Gasteiger partial charge in [-0.05, 0) is 42.2 Å². The Labute approximate surface area is 154 Å². The van der Waals surface area contributed by atoms with E-state index < -0.39 is 10.0 Å². The zero-order valence-corrected chi connectivity index (χ0v) is 15.8. The van der Waals surface area contributed by atoms with Gasteiger partial charge < -0.3 is 4.74 Å². The van der Waals surface area contributed by atoms with E-state index in [1.165, 1.54) is 4.31 Å². The lowest BCUT2D eigenvalue weighted by Gasteiger charge is -2.22. The monoisotopic (exact) mass is 382 g/mol. The number of hydrogen-bond acceptors (Lipinski definition) is 4. The number of methoxy groups -OCH3 is 1. The summed E-state index contributed by atoms with van der Waals surface area (Å²) < 4.78 is 32.5. The number of ether oxygens (including phenoxy) is 1. The predicted molar refractivity (Wildman–Crippen MR) is 99.2 cm³/mol. The summed E-state index contributed by atoms with van der Waals surface area (Å²) in [7, 11) is -2.05. The molecule has 2 aromatic rings. The highest BCUT2D eigenvalue weighted by molar-refractivity contribution is 7.89. The third-order valence-corrected chi connectivity index (χ3v) is 5.91. The fraction of sp³-hybridized carbons (Fsp3) is 0.389. The first-order valence-electron chi connectivity index (χ1n) is 8.11. The van der Waals surface area contributed by atoms with E-state index in [2.05, 4.69) is 4.98 Å². The largest absolute Gasteiger partial charge is 0.383 e. The summed E-state index contributed by atoms with van der Waals surface area (Å²) in [6.07, 6.45) is 5.04. The van der Waals surface area contributed by atoms with Gasteiger partial charge in [-0.3, -0.25) is 4.98 Å². The number of sulfonamides is 1. The molecule has 1 heterocycles. The first-order chi connectivity index (χ1) is 12.1. The van der Waals surface area contributed by atoms with Crippen molar-refractivity contribution in [2.75, 3.05) is 26.1 Å². The van der Waals surface area contributed by atoms with E-state index in [0.29, 0.717) is 12.5 Å². The van der Waals surface area contributed by atoms with Gasteiger partial charge in [0.2, 0.25) is 10.0 Å². The van der Waals surface area contributed by atoms with Crippen molar-refractivity contribution in [3.63, 3.8) is 0 Å². The quantitative estimate of drug-likeness (QED) is 0.592. The summed E-state index contributed by atoms with van der Waals surface area (Å²) in [5.74, 6) is 0.593. The van der Waals surface area contributed by atoms with E-state index >= 15 is 0 Å². The summed E-state index contributed by atoms with van der Waals surface area (Å²) in [5.41, 5.74) is 1.91. The fourth-order valence-electron chi connectivity index (χ4n) is 2.42. The van der Waals surface area contributed by atoms with E-state index in [4.69, 9.17) is 16.3 Å². The van der Waals surface area contributed by atoms with Gasteiger partial charge in [0.15, 0.2) is 0 Å². The summed E-state index contributed by atoms with van der Waals surface area (Å²) in [6.45, 7) is 0.864. The number of rotatable bonds is 10. The average Bonchev–Trinajstić information content (AvgIpc) is 2.64. The molecule has 1 aromatic carbocycles. The molecular weight excluding hydrogens is 360 g/mol. The summed E-state index contributed by atoms with van der Waals surface area (Å²) in [6, 6.07) is 10.7. The van der Waals surface area contributed by atoms with Crippen LogP contribution in [0.25, 0.3) is 0 Å². The number of aromatic nitrogens is 1. The van der Waals surface area contributed by atoms with Crippen molar-refractivity contribution < 1.29 is 13.2 Å². The Balaban J connectivity index is 2.21. The molecule has 1 aromatic heterocycles. The molecule has 0 spiro atoms. The molecule has 25 heavy (non-hydrogen) atoms. The first-order valence-corrected chi connectivity index (χ1v) is 10.1. The molecule has 7 heteroatoms. The number of hydrogen-bond donors (Lipinski definition) is 0. The Bertz CT molecular complexity index is 737. The number of nitrogens with zero attached hydrogens (tertiary/aromatic N) is 2. The summed E-state index contributed by atoms with van der Waals surface area (Å²) >= 11 is 5.70. The highest BCUT2D eigenvalue weighted by Crippen LogP contribution is 2.19. The van der Waals surface area contributed by atoms with Crippen LogP contribution in [0.1, 0.15) is 17.5 Å². The SMILES string of the molecule is COCCN(Cc1cccnc1)S(=O)(=O)c1ccc(CCCCl)cc1. The number of aryl methyl sites for hydroxylation is 1. The second-order valence-electron chi connectivity index (χ2n) is 5.63. The standard InChI is InChI=1S/C18H23ClN2O3S/c1-24-13-12-21(15-17-5-3-11-20-14-17)25(22,23)18-8-6-16(7-9-18)4-2-10-19/h3,5-9,11,14H,2,4,10,12-13,15H2,1H3. The van der Waals surface area contributed by atoms with E-state index in [-0.39, 0.29) is 18.0 Å². The molecule has 0 radical (unpaired) electrons. The maximum absolute atomic E-state index is 13.0. The lowest BCUT2D eigenvalue weighted by molar-refractivity contribution is 0.177. The molecule has 0 aliphatic carbocycles. The van der Waals surface area contributed by atoms with Crippen molar-refractivity contribution in [3.8, 4) is 0 Å². The summed E-state index contributed by atoms with van der Waals surface area (Å²) in [4.78, 5) is 4.33. The summed E-state index contributed by atoms with van der Waals surface area (Å²) in [5, 5.41) is 0. The van der Waals surface area contributed by atoms with Gasteiger partial charge in [-0.15, -0.1) is 11.6 Å². The Morgan fingerprint density at radius 1 is 1.16 bits per heavy atom. The van der Waals surface area contributed by atoms with Gasteiger partial charge in [-0.2, -0.15) is 4.31 Å². The maximum atomic E-state index is 13.0. The molecule has 0 saturated heterocycles. The van der Waals surface area contributed by atoms with Gasteiger partial charge in [0.25, 0.3) is 0 Å². The van der Waals surface area contributed by atoms with Crippen LogP contribution in [0, 0.1) is 0 Å². The Kier molecular flexibility index (Phi) is 7.84. The third kappa shape index (κ3) is 5.78. The second kappa shape index (κ2) is 9.87. The van der Waals surface area contributed by atoms with Crippen molar-refractivity contribution >= 4 is 21.6 Å². The first kappa shape index (κ1) is 19.8. The van der Waals surface area contributed by atoms with Gasteiger partial charge >= 0.3 is 0 Å². The molecule has 5 nitrogen and oxygen atoms in total. The zero-order chi connectivity index (χ0) is 18.1. The minimum Gasteiger partial charge on any atom is -0.383 e. The lowest BCUT2D eigenvalue weighted by Crippen LogP contribution is -2.33. The van der Waals surface area contributed by atoms with Crippen LogP contribution >= 0.6 is 11.6 Å². The van der Waals surface area contributed by atoms with E-state index in [1.807, 2.05) is 18.2 Å².